The lowest BCUT2D eigenvalue weighted by atomic mass is 10.1. The van der Waals surface area contributed by atoms with E-state index in [-0.39, 0.29) is 18.5 Å². The molecule has 0 aliphatic carbocycles. The van der Waals surface area contributed by atoms with Crippen molar-refractivity contribution in [1.82, 2.24) is 0 Å². The summed E-state index contributed by atoms with van der Waals surface area (Å²) in [6.45, 7) is 4.25. The third-order valence-corrected chi connectivity index (χ3v) is 5.76. The third kappa shape index (κ3) is 29.4. The van der Waals surface area contributed by atoms with Crippen molar-refractivity contribution in [2.75, 3.05) is 0 Å². The first-order valence-electron chi connectivity index (χ1n) is 15.2. The summed E-state index contributed by atoms with van der Waals surface area (Å²) in [5, 5.41) is 8.72. The van der Waals surface area contributed by atoms with Gasteiger partial charge < -0.3 is 9.84 Å². The van der Waals surface area contributed by atoms with Gasteiger partial charge in [0.15, 0.2) is 0 Å². The molecule has 0 aromatic heterocycles. The van der Waals surface area contributed by atoms with E-state index in [9.17, 15) is 9.59 Å². The molecular formula is C36H54O4. The van der Waals surface area contributed by atoms with Crippen LogP contribution in [-0.2, 0) is 14.3 Å². The molecule has 40 heavy (non-hydrogen) atoms. The number of carboxylic acids is 1. The summed E-state index contributed by atoms with van der Waals surface area (Å²) >= 11 is 0. The van der Waals surface area contributed by atoms with Gasteiger partial charge in [-0.1, -0.05) is 105 Å². The Hall–Kier alpha value is -3.14. The van der Waals surface area contributed by atoms with Crippen molar-refractivity contribution in [3.8, 4) is 0 Å². The van der Waals surface area contributed by atoms with E-state index in [2.05, 4.69) is 86.8 Å². The van der Waals surface area contributed by atoms with Gasteiger partial charge in [0, 0.05) is 12.8 Å². The normalized spacial score (nSPS) is 13.7. The highest BCUT2D eigenvalue weighted by Gasteiger charge is 2.08. The van der Waals surface area contributed by atoms with Crippen LogP contribution in [0.25, 0.3) is 0 Å². The van der Waals surface area contributed by atoms with Crippen LogP contribution in [0.15, 0.2) is 97.2 Å². The van der Waals surface area contributed by atoms with Crippen molar-refractivity contribution in [2.24, 2.45) is 0 Å². The number of carbonyl (C=O) groups excluding carboxylic acids is 1. The molecule has 0 saturated heterocycles. The van der Waals surface area contributed by atoms with Crippen LogP contribution >= 0.6 is 0 Å². The molecule has 222 valence electrons. The summed E-state index contributed by atoms with van der Waals surface area (Å²) in [5.41, 5.74) is 0. The topological polar surface area (TPSA) is 63.6 Å². The largest absolute Gasteiger partial charge is 0.481 e. The van der Waals surface area contributed by atoms with Crippen molar-refractivity contribution in [3.63, 3.8) is 0 Å². The summed E-state index contributed by atoms with van der Waals surface area (Å²) < 4.78 is 5.68. The molecule has 1 unspecified atom stereocenters. The zero-order chi connectivity index (χ0) is 29.4. The maximum atomic E-state index is 12.4. The Morgan fingerprint density at radius 2 is 1.02 bits per heavy atom. The summed E-state index contributed by atoms with van der Waals surface area (Å²) in [7, 11) is 0. The van der Waals surface area contributed by atoms with E-state index in [1.165, 1.54) is 0 Å². The summed E-state index contributed by atoms with van der Waals surface area (Å²) in [6, 6.07) is 0. The molecule has 0 rings (SSSR count). The van der Waals surface area contributed by atoms with E-state index < -0.39 is 5.97 Å². The van der Waals surface area contributed by atoms with Gasteiger partial charge >= 0.3 is 11.9 Å². The zero-order valence-electron chi connectivity index (χ0n) is 25.1. The Labute approximate surface area is 244 Å². The van der Waals surface area contributed by atoms with Crippen LogP contribution in [0, 0.1) is 0 Å². The minimum atomic E-state index is -0.744. The first-order valence-corrected chi connectivity index (χ1v) is 15.2. The number of hydrogen-bond donors (Lipinski definition) is 1. The SMILES string of the molecule is CC/C=C\C/C=C\C/C=C\C/C=C\C/C=C\CCCC(=O)OC(/C=C\C/C=C\CC)/C=C\CCCCCC(=O)O. The Kier molecular flexibility index (Phi) is 28.0. The average molecular weight is 551 g/mol. The molecule has 0 spiro atoms. The van der Waals surface area contributed by atoms with Crippen LogP contribution in [0.5, 0.6) is 0 Å². The van der Waals surface area contributed by atoms with Gasteiger partial charge in [-0.05, 0) is 89.2 Å². The van der Waals surface area contributed by atoms with E-state index in [4.69, 9.17) is 9.84 Å². The van der Waals surface area contributed by atoms with Gasteiger partial charge in [-0.15, -0.1) is 0 Å². The van der Waals surface area contributed by atoms with Gasteiger partial charge in [0.1, 0.15) is 6.10 Å². The van der Waals surface area contributed by atoms with Gasteiger partial charge in [-0.2, -0.15) is 0 Å². The lowest BCUT2D eigenvalue weighted by Crippen LogP contribution is -2.13. The molecule has 0 amide bonds. The second kappa shape index (κ2) is 30.4. The number of carboxylic acid groups (broad SMARTS) is 1. The maximum absolute atomic E-state index is 12.4. The molecule has 0 aromatic rings. The average Bonchev–Trinajstić information content (AvgIpc) is 2.93. The zero-order valence-corrected chi connectivity index (χ0v) is 25.1. The van der Waals surface area contributed by atoms with Crippen molar-refractivity contribution in [3.05, 3.63) is 97.2 Å². The standard InChI is InChI=1S/C36H54O4/c1-3-5-7-9-10-11-12-13-14-15-16-17-18-19-20-25-29-33-36(39)40-34(30-26-22-8-6-4-2)31-27-23-21-24-28-32-35(37)38/h5-8,10-11,13-14,16-17,19-20,26-27,30-31,34H,3-4,9,12,15,18,21-25,28-29,32-33H2,1-2H3,(H,37,38)/b7-5-,8-6-,11-10-,14-13-,17-16-,20-19-,30-26-,31-27-. The van der Waals surface area contributed by atoms with E-state index in [1.54, 1.807) is 0 Å². The van der Waals surface area contributed by atoms with Crippen molar-refractivity contribution in [2.45, 2.75) is 116 Å². The highest BCUT2D eigenvalue weighted by atomic mass is 16.5. The molecule has 4 nitrogen and oxygen atoms in total. The summed E-state index contributed by atoms with van der Waals surface area (Å²) in [4.78, 5) is 23.0. The van der Waals surface area contributed by atoms with Crippen molar-refractivity contribution < 1.29 is 19.4 Å². The minimum absolute atomic E-state index is 0.183. The Morgan fingerprint density at radius 3 is 1.57 bits per heavy atom. The lowest BCUT2D eigenvalue weighted by Gasteiger charge is -2.10. The first-order chi connectivity index (χ1) is 19.6. The Balaban J connectivity index is 4.20. The van der Waals surface area contributed by atoms with Crippen LogP contribution in [0.2, 0.25) is 0 Å². The number of carbonyl (C=O) groups is 2. The van der Waals surface area contributed by atoms with Gasteiger partial charge in [0.25, 0.3) is 0 Å². The van der Waals surface area contributed by atoms with E-state index in [0.29, 0.717) is 12.8 Å². The second-order valence-electron chi connectivity index (χ2n) is 9.52. The monoisotopic (exact) mass is 550 g/mol. The van der Waals surface area contributed by atoms with Crippen LogP contribution in [0.4, 0.5) is 0 Å². The molecule has 0 bridgehead atoms. The number of hydrogen-bond acceptors (Lipinski definition) is 3. The number of unbranched alkanes of at least 4 members (excludes halogenated alkanes) is 4. The molecule has 0 saturated carbocycles. The van der Waals surface area contributed by atoms with Crippen molar-refractivity contribution in [1.29, 1.82) is 0 Å². The Morgan fingerprint density at radius 1 is 0.550 bits per heavy atom. The number of allylic oxidation sites excluding steroid dienone is 14. The first kappa shape index (κ1) is 36.9. The van der Waals surface area contributed by atoms with Crippen LogP contribution in [0.1, 0.15) is 110 Å². The van der Waals surface area contributed by atoms with E-state index >= 15 is 0 Å². The fourth-order valence-corrected chi connectivity index (χ4v) is 3.59. The highest BCUT2D eigenvalue weighted by Crippen LogP contribution is 2.08. The highest BCUT2D eigenvalue weighted by molar-refractivity contribution is 5.69. The molecule has 0 heterocycles. The van der Waals surface area contributed by atoms with E-state index in [0.717, 1.165) is 77.0 Å². The molecule has 0 aromatic carbocycles. The molecule has 0 aliphatic heterocycles. The second-order valence-corrected chi connectivity index (χ2v) is 9.52. The van der Waals surface area contributed by atoms with Crippen LogP contribution in [-0.4, -0.2) is 23.1 Å². The van der Waals surface area contributed by atoms with Crippen molar-refractivity contribution >= 4 is 11.9 Å². The fourth-order valence-electron chi connectivity index (χ4n) is 3.59. The minimum Gasteiger partial charge on any atom is -0.481 e. The molecule has 0 aliphatic rings. The molecule has 1 atom stereocenters. The Bertz CT molecular complexity index is 852. The lowest BCUT2D eigenvalue weighted by molar-refractivity contribution is -0.145. The third-order valence-electron chi connectivity index (χ3n) is 5.76. The molecule has 1 N–H and O–H groups in total. The van der Waals surface area contributed by atoms with Gasteiger partial charge in [-0.25, -0.2) is 0 Å². The molecule has 0 radical (unpaired) electrons. The number of ether oxygens (including phenoxy) is 1. The van der Waals surface area contributed by atoms with Gasteiger partial charge in [0.05, 0.1) is 0 Å². The quantitative estimate of drug-likeness (QED) is 0.0697. The predicted molar refractivity (Wildman–Crippen MR) is 171 cm³/mol. The molecular weight excluding hydrogens is 496 g/mol. The van der Waals surface area contributed by atoms with E-state index in [1.807, 2.05) is 24.3 Å². The van der Waals surface area contributed by atoms with Crippen LogP contribution in [0.3, 0.4) is 0 Å². The summed E-state index contributed by atoms with van der Waals surface area (Å²) in [5.74, 6) is -0.927. The summed E-state index contributed by atoms with van der Waals surface area (Å²) in [6.07, 6.45) is 46.0. The van der Waals surface area contributed by atoms with Crippen LogP contribution < -0.4 is 0 Å². The fraction of sp³-hybridized carbons (Fsp3) is 0.500. The van der Waals surface area contributed by atoms with Gasteiger partial charge in [0.2, 0.25) is 0 Å². The smallest absolute Gasteiger partial charge is 0.306 e. The predicted octanol–water partition coefficient (Wildman–Crippen LogP) is 10.3. The number of esters is 1. The maximum Gasteiger partial charge on any atom is 0.306 e. The molecule has 4 heteroatoms. The number of rotatable bonds is 25. The number of aliphatic carboxylic acids is 1. The molecule has 0 fully saturated rings. The van der Waals surface area contributed by atoms with Gasteiger partial charge in [-0.3, -0.25) is 9.59 Å².